The van der Waals surface area contributed by atoms with Crippen LogP contribution in [0.25, 0.3) is 0 Å². The average molecular weight is 339 g/mol. The smallest absolute Gasteiger partial charge is 0.271 e. The van der Waals surface area contributed by atoms with Crippen molar-refractivity contribution in [1.29, 1.82) is 0 Å². The Morgan fingerprint density at radius 1 is 1.08 bits per heavy atom. The predicted octanol–water partition coefficient (Wildman–Crippen LogP) is 3.33. The van der Waals surface area contributed by atoms with Crippen LogP contribution in [-0.2, 0) is 4.79 Å². The molecule has 0 spiro atoms. The molecule has 1 saturated carbocycles. The van der Waals surface area contributed by atoms with Crippen LogP contribution in [0.1, 0.15) is 35.7 Å². The highest BCUT2D eigenvalue weighted by Gasteiger charge is 2.29. The number of nitrogens with zero attached hydrogens (tertiary/aromatic N) is 1. The summed E-state index contributed by atoms with van der Waals surface area (Å²) in [5, 5.41) is 6.92. The summed E-state index contributed by atoms with van der Waals surface area (Å²) in [7, 11) is 0. The largest absolute Gasteiger partial charge is 0.326 e. The fraction of sp³-hybridized carbons (Fsp3) is 0.211. The number of amides is 2. The lowest BCUT2D eigenvalue weighted by Crippen LogP contribution is -2.19. The maximum Gasteiger partial charge on any atom is 0.271 e. The van der Waals surface area contributed by atoms with E-state index in [9.17, 15) is 14.0 Å². The van der Waals surface area contributed by atoms with Gasteiger partial charge in [0.25, 0.3) is 5.91 Å². The van der Waals surface area contributed by atoms with E-state index in [0.29, 0.717) is 11.4 Å². The Hall–Kier alpha value is -3.02. The topological polar surface area (TPSA) is 70.6 Å². The first-order valence-corrected chi connectivity index (χ1v) is 8.04. The van der Waals surface area contributed by atoms with Crippen molar-refractivity contribution in [2.24, 2.45) is 11.0 Å². The summed E-state index contributed by atoms with van der Waals surface area (Å²) in [4.78, 5) is 23.8. The number of carbonyl (C=O) groups excluding carboxylic acids is 2. The van der Waals surface area contributed by atoms with Gasteiger partial charge in [-0.05, 0) is 55.7 Å². The van der Waals surface area contributed by atoms with Gasteiger partial charge in [-0.25, -0.2) is 9.82 Å². The van der Waals surface area contributed by atoms with Crippen LogP contribution < -0.4 is 10.7 Å². The van der Waals surface area contributed by atoms with Crippen LogP contribution in [0.4, 0.5) is 10.1 Å². The van der Waals surface area contributed by atoms with E-state index in [2.05, 4.69) is 15.8 Å². The predicted molar refractivity (Wildman–Crippen MR) is 93.9 cm³/mol. The Labute approximate surface area is 144 Å². The summed E-state index contributed by atoms with van der Waals surface area (Å²) in [6.07, 6.45) is 1.89. The zero-order valence-corrected chi connectivity index (χ0v) is 13.8. The number of hydrogen-bond acceptors (Lipinski definition) is 3. The quantitative estimate of drug-likeness (QED) is 0.648. The number of anilines is 1. The molecule has 0 aliphatic heterocycles. The van der Waals surface area contributed by atoms with Crippen molar-refractivity contribution in [2.45, 2.75) is 19.8 Å². The fourth-order valence-corrected chi connectivity index (χ4v) is 2.31. The van der Waals surface area contributed by atoms with Crippen LogP contribution in [0, 0.1) is 11.7 Å². The molecule has 0 heterocycles. The van der Waals surface area contributed by atoms with Crippen LogP contribution >= 0.6 is 0 Å². The maximum absolute atomic E-state index is 13.2. The first-order chi connectivity index (χ1) is 12.0. The van der Waals surface area contributed by atoms with Crippen molar-refractivity contribution in [2.75, 3.05) is 5.32 Å². The highest BCUT2D eigenvalue weighted by Crippen LogP contribution is 2.30. The molecule has 2 aromatic rings. The van der Waals surface area contributed by atoms with E-state index < -0.39 is 11.7 Å². The summed E-state index contributed by atoms with van der Waals surface area (Å²) < 4.78 is 13.2. The zero-order chi connectivity index (χ0) is 17.8. The van der Waals surface area contributed by atoms with Gasteiger partial charge in [-0.3, -0.25) is 9.59 Å². The van der Waals surface area contributed by atoms with Gasteiger partial charge in [-0.15, -0.1) is 0 Å². The second-order valence-electron chi connectivity index (χ2n) is 5.99. The minimum absolute atomic E-state index is 0.0335. The van der Waals surface area contributed by atoms with Gasteiger partial charge in [0.15, 0.2) is 0 Å². The molecule has 0 unspecified atom stereocenters. The van der Waals surface area contributed by atoms with Crippen LogP contribution in [0.15, 0.2) is 53.6 Å². The molecule has 0 aromatic heterocycles. The number of rotatable bonds is 5. The lowest BCUT2D eigenvalue weighted by atomic mass is 10.1. The minimum Gasteiger partial charge on any atom is -0.326 e. The summed E-state index contributed by atoms with van der Waals surface area (Å²) >= 11 is 0. The Morgan fingerprint density at radius 3 is 2.52 bits per heavy atom. The number of hydrazone groups is 1. The molecule has 2 aromatic carbocycles. The molecule has 5 nitrogen and oxygen atoms in total. The van der Waals surface area contributed by atoms with E-state index in [-0.39, 0.29) is 17.4 Å². The van der Waals surface area contributed by atoms with Gasteiger partial charge in [-0.2, -0.15) is 5.10 Å². The summed E-state index contributed by atoms with van der Waals surface area (Å²) in [6, 6.07) is 12.6. The molecule has 2 N–H and O–H groups in total. The third-order valence-electron chi connectivity index (χ3n) is 3.91. The lowest BCUT2D eigenvalue weighted by molar-refractivity contribution is -0.117. The molecule has 0 bridgehead atoms. The van der Waals surface area contributed by atoms with E-state index in [0.717, 1.165) is 24.5 Å². The lowest BCUT2D eigenvalue weighted by Gasteiger charge is -2.07. The normalized spacial score (nSPS) is 14.1. The highest BCUT2D eigenvalue weighted by molar-refractivity contribution is 6.02. The molecule has 6 heteroatoms. The van der Waals surface area contributed by atoms with Gasteiger partial charge in [-0.1, -0.05) is 18.2 Å². The van der Waals surface area contributed by atoms with Crippen molar-refractivity contribution in [3.63, 3.8) is 0 Å². The molecule has 0 atom stereocenters. The Balaban J connectivity index is 1.67. The number of halogens is 1. The Kier molecular flexibility index (Phi) is 4.88. The van der Waals surface area contributed by atoms with Crippen LogP contribution in [0.5, 0.6) is 0 Å². The van der Waals surface area contributed by atoms with Gasteiger partial charge < -0.3 is 5.32 Å². The van der Waals surface area contributed by atoms with Crippen molar-refractivity contribution < 1.29 is 14.0 Å². The SMILES string of the molecule is C/C(=N/NC(=O)c1cccc(F)c1)c1cccc(NC(=O)C2CC2)c1. The molecule has 0 saturated heterocycles. The first-order valence-electron chi connectivity index (χ1n) is 8.04. The van der Waals surface area contributed by atoms with E-state index in [4.69, 9.17) is 0 Å². The fourth-order valence-electron chi connectivity index (χ4n) is 2.31. The van der Waals surface area contributed by atoms with Crippen molar-refractivity contribution >= 4 is 23.2 Å². The number of carbonyl (C=O) groups is 2. The monoisotopic (exact) mass is 339 g/mol. The van der Waals surface area contributed by atoms with E-state index >= 15 is 0 Å². The number of hydrogen-bond donors (Lipinski definition) is 2. The molecule has 3 rings (SSSR count). The molecule has 2 amide bonds. The van der Waals surface area contributed by atoms with Crippen LogP contribution in [0.2, 0.25) is 0 Å². The van der Waals surface area contributed by atoms with Gasteiger partial charge in [0.05, 0.1) is 5.71 Å². The third-order valence-corrected chi connectivity index (χ3v) is 3.91. The van der Waals surface area contributed by atoms with Gasteiger partial charge in [0.1, 0.15) is 5.82 Å². The molecule has 1 aliphatic carbocycles. The second-order valence-corrected chi connectivity index (χ2v) is 5.99. The van der Waals surface area contributed by atoms with E-state index in [1.807, 2.05) is 18.2 Å². The molecular formula is C19H18FN3O2. The second kappa shape index (κ2) is 7.25. The average Bonchev–Trinajstić information content (AvgIpc) is 3.44. The highest BCUT2D eigenvalue weighted by atomic mass is 19.1. The third kappa shape index (κ3) is 4.50. The van der Waals surface area contributed by atoms with Crippen molar-refractivity contribution in [1.82, 2.24) is 5.43 Å². The van der Waals surface area contributed by atoms with Gasteiger partial charge >= 0.3 is 0 Å². The van der Waals surface area contributed by atoms with Crippen LogP contribution in [0.3, 0.4) is 0 Å². The standard InChI is InChI=1S/C19H18FN3O2/c1-12(22-23-19(25)15-5-2-6-16(20)10-15)14-4-3-7-17(11-14)21-18(24)13-8-9-13/h2-7,10-11,13H,8-9H2,1H3,(H,21,24)(H,23,25)/b22-12-. The van der Waals surface area contributed by atoms with E-state index in [1.54, 1.807) is 13.0 Å². The molecule has 1 fully saturated rings. The summed E-state index contributed by atoms with van der Waals surface area (Å²) in [5.41, 5.74) is 4.65. The van der Waals surface area contributed by atoms with Gasteiger partial charge in [0.2, 0.25) is 5.91 Å². The van der Waals surface area contributed by atoms with Crippen molar-refractivity contribution in [3.8, 4) is 0 Å². The molecule has 25 heavy (non-hydrogen) atoms. The van der Waals surface area contributed by atoms with E-state index in [1.165, 1.54) is 18.2 Å². The van der Waals surface area contributed by atoms with Crippen molar-refractivity contribution in [3.05, 3.63) is 65.5 Å². The first kappa shape index (κ1) is 16.8. The minimum atomic E-state index is -0.489. The maximum atomic E-state index is 13.2. The molecule has 0 radical (unpaired) electrons. The van der Waals surface area contributed by atoms with Gasteiger partial charge in [0, 0.05) is 17.2 Å². The number of benzene rings is 2. The molecule has 128 valence electrons. The summed E-state index contributed by atoms with van der Waals surface area (Å²) in [5.74, 6) is -0.806. The van der Waals surface area contributed by atoms with Crippen LogP contribution in [-0.4, -0.2) is 17.5 Å². The number of nitrogens with one attached hydrogen (secondary N) is 2. The molecular weight excluding hydrogens is 321 g/mol. The molecule has 1 aliphatic rings. The Bertz CT molecular complexity index is 844. The zero-order valence-electron chi connectivity index (χ0n) is 13.8. The Morgan fingerprint density at radius 2 is 1.80 bits per heavy atom. The summed E-state index contributed by atoms with van der Waals surface area (Å²) in [6.45, 7) is 1.74.